The second-order valence-electron chi connectivity index (χ2n) is 5.69. The topological polar surface area (TPSA) is 89.9 Å². The summed E-state index contributed by atoms with van der Waals surface area (Å²) in [7, 11) is 1.36. The van der Waals surface area contributed by atoms with Crippen molar-refractivity contribution in [3.05, 3.63) is 72.6 Å². The van der Waals surface area contributed by atoms with Gasteiger partial charge < -0.3 is 10.1 Å². The largest absolute Gasteiger partial charge is 0.465 e. The number of esters is 1. The first-order chi connectivity index (χ1) is 13.8. The van der Waals surface area contributed by atoms with Crippen LogP contribution in [0.5, 0.6) is 0 Å². The summed E-state index contributed by atoms with van der Waals surface area (Å²) < 4.78 is 4.94. The third kappa shape index (κ3) is 3.58. The molecular formula is C20H15N5O2S. The van der Waals surface area contributed by atoms with Crippen LogP contribution in [0.25, 0.3) is 22.0 Å². The molecule has 4 aromatic rings. The Balaban J connectivity index is 1.74. The number of rotatable bonds is 5. The highest BCUT2D eigenvalue weighted by atomic mass is 32.1. The van der Waals surface area contributed by atoms with E-state index >= 15 is 0 Å². The van der Waals surface area contributed by atoms with Crippen molar-refractivity contribution in [1.82, 2.24) is 20.2 Å². The molecule has 1 aromatic carbocycles. The van der Waals surface area contributed by atoms with Gasteiger partial charge >= 0.3 is 5.97 Å². The van der Waals surface area contributed by atoms with E-state index in [1.807, 2.05) is 42.5 Å². The number of benzene rings is 1. The smallest absolute Gasteiger partial charge is 0.338 e. The van der Waals surface area contributed by atoms with E-state index in [-0.39, 0.29) is 0 Å². The van der Waals surface area contributed by atoms with Gasteiger partial charge in [0.1, 0.15) is 5.69 Å². The highest BCUT2D eigenvalue weighted by molar-refractivity contribution is 7.18. The second kappa shape index (κ2) is 7.93. The molecule has 0 aliphatic heterocycles. The van der Waals surface area contributed by atoms with Gasteiger partial charge in [-0.3, -0.25) is 9.97 Å². The molecule has 3 heterocycles. The fraction of sp³-hybridized carbons (Fsp3) is 0.0500. The number of hydrogen-bond acceptors (Lipinski definition) is 8. The Hall–Kier alpha value is -3.65. The lowest BCUT2D eigenvalue weighted by atomic mass is 10.0. The van der Waals surface area contributed by atoms with Crippen LogP contribution >= 0.6 is 11.3 Å². The highest BCUT2D eigenvalue weighted by Gasteiger charge is 2.19. The number of anilines is 2. The number of hydrogen-bond donors (Lipinski definition) is 1. The van der Waals surface area contributed by atoms with E-state index in [1.54, 1.807) is 24.5 Å². The molecule has 0 aliphatic carbocycles. The molecule has 0 aliphatic rings. The average molecular weight is 389 g/mol. The number of carbonyl (C=O) groups excluding carboxylic acids is 1. The molecule has 0 radical (unpaired) electrons. The van der Waals surface area contributed by atoms with Gasteiger partial charge in [0.2, 0.25) is 5.13 Å². The minimum atomic E-state index is -0.434. The minimum Gasteiger partial charge on any atom is -0.465 e. The maximum Gasteiger partial charge on any atom is 0.338 e. The van der Waals surface area contributed by atoms with Crippen LogP contribution < -0.4 is 5.32 Å². The third-order valence-corrected chi connectivity index (χ3v) is 4.80. The lowest BCUT2D eigenvalue weighted by molar-refractivity contribution is 0.0601. The molecule has 4 rings (SSSR count). The van der Waals surface area contributed by atoms with E-state index in [1.165, 1.54) is 18.4 Å². The molecule has 0 saturated heterocycles. The molecule has 0 saturated carbocycles. The fourth-order valence-corrected chi connectivity index (χ4v) is 3.44. The Morgan fingerprint density at radius 3 is 2.36 bits per heavy atom. The van der Waals surface area contributed by atoms with Gasteiger partial charge in [0.15, 0.2) is 5.01 Å². The van der Waals surface area contributed by atoms with Crippen LogP contribution in [0.15, 0.2) is 67.0 Å². The van der Waals surface area contributed by atoms with Crippen molar-refractivity contribution in [2.45, 2.75) is 0 Å². The van der Waals surface area contributed by atoms with Crippen LogP contribution in [-0.4, -0.2) is 33.2 Å². The van der Waals surface area contributed by atoms with E-state index in [9.17, 15) is 4.79 Å². The van der Waals surface area contributed by atoms with Crippen LogP contribution in [0.2, 0.25) is 0 Å². The van der Waals surface area contributed by atoms with Gasteiger partial charge in [-0.15, -0.1) is 10.2 Å². The number of aromatic nitrogens is 4. The summed E-state index contributed by atoms with van der Waals surface area (Å²) in [5, 5.41) is 12.9. The molecule has 7 nitrogen and oxygen atoms in total. The second-order valence-corrected chi connectivity index (χ2v) is 6.66. The summed E-state index contributed by atoms with van der Waals surface area (Å²) in [5.41, 5.74) is 3.15. The van der Waals surface area contributed by atoms with Gasteiger partial charge in [0, 0.05) is 18.0 Å². The van der Waals surface area contributed by atoms with E-state index in [0.29, 0.717) is 32.6 Å². The van der Waals surface area contributed by atoms with Crippen molar-refractivity contribution in [2.24, 2.45) is 0 Å². The molecule has 8 heteroatoms. The van der Waals surface area contributed by atoms with Gasteiger partial charge in [-0.05, 0) is 36.4 Å². The van der Waals surface area contributed by atoms with Crippen LogP contribution in [0.1, 0.15) is 10.4 Å². The summed E-state index contributed by atoms with van der Waals surface area (Å²) in [4.78, 5) is 21.0. The highest BCUT2D eigenvalue weighted by Crippen LogP contribution is 2.34. The van der Waals surface area contributed by atoms with Gasteiger partial charge in [-0.2, -0.15) is 0 Å². The van der Waals surface area contributed by atoms with Gasteiger partial charge in [0.05, 0.1) is 24.1 Å². The van der Waals surface area contributed by atoms with Crippen LogP contribution in [-0.2, 0) is 4.74 Å². The van der Waals surface area contributed by atoms with Crippen molar-refractivity contribution in [3.63, 3.8) is 0 Å². The maximum absolute atomic E-state index is 12.3. The molecule has 28 heavy (non-hydrogen) atoms. The molecule has 0 bridgehead atoms. The maximum atomic E-state index is 12.3. The molecule has 0 amide bonds. The Morgan fingerprint density at radius 2 is 1.68 bits per heavy atom. The predicted octanol–water partition coefficient (Wildman–Crippen LogP) is 4.19. The van der Waals surface area contributed by atoms with Crippen molar-refractivity contribution >= 4 is 28.1 Å². The molecular weight excluding hydrogens is 374 g/mol. The number of carbonyl (C=O) groups is 1. The van der Waals surface area contributed by atoms with E-state index < -0.39 is 5.97 Å². The SMILES string of the molecule is COC(=O)c1cccc(Nc2nnc(-c3ccccn3)s2)c1-c1ccccn1. The number of nitrogens with zero attached hydrogens (tertiary/aromatic N) is 4. The lowest BCUT2D eigenvalue weighted by Gasteiger charge is -2.13. The molecule has 0 unspecified atom stereocenters. The van der Waals surface area contributed by atoms with Gasteiger partial charge in [0.25, 0.3) is 0 Å². The Labute approximate surface area is 165 Å². The molecule has 0 fully saturated rings. The first-order valence-corrected chi connectivity index (χ1v) is 9.22. The monoisotopic (exact) mass is 389 g/mol. The molecule has 138 valence electrons. The Morgan fingerprint density at radius 1 is 0.929 bits per heavy atom. The third-order valence-electron chi connectivity index (χ3n) is 3.94. The predicted molar refractivity (Wildman–Crippen MR) is 107 cm³/mol. The minimum absolute atomic E-state index is 0.417. The van der Waals surface area contributed by atoms with Crippen molar-refractivity contribution in [2.75, 3.05) is 12.4 Å². The van der Waals surface area contributed by atoms with E-state index in [4.69, 9.17) is 4.74 Å². The quantitative estimate of drug-likeness (QED) is 0.512. The summed E-state index contributed by atoms with van der Waals surface area (Å²) >= 11 is 1.37. The van der Waals surface area contributed by atoms with E-state index in [2.05, 4.69) is 25.5 Å². The number of pyridine rings is 2. The normalized spacial score (nSPS) is 10.5. The van der Waals surface area contributed by atoms with Crippen LogP contribution in [0, 0.1) is 0 Å². The summed E-state index contributed by atoms with van der Waals surface area (Å²) in [6.07, 6.45) is 3.39. The van der Waals surface area contributed by atoms with Crippen molar-refractivity contribution in [3.8, 4) is 22.0 Å². The Kier molecular flexibility index (Phi) is 5.03. The van der Waals surface area contributed by atoms with Crippen LogP contribution in [0.3, 0.4) is 0 Å². The lowest BCUT2D eigenvalue weighted by Crippen LogP contribution is -2.06. The molecule has 1 N–H and O–H groups in total. The van der Waals surface area contributed by atoms with Crippen LogP contribution in [0.4, 0.5) is 10.8 Å². The molecule has 0 spiro atoms. The zero-order valence-electron chi connectivity index (χ0n) is 14.9. The average Bonchev–Trinajstić information content (AvgIpc) is 3.23. The number of methoxy groups -OCH3 is 1. The summed E-state index contributed by atoms with van der Waals surface area (Å²) in [6, 6.07) is 16.5. The van der Waals surface area contributed by atoms with Crippen molar-refractivity contribution < 1.29 is 9.53 Å². The molecule has 3 aromatic heterocycles. The fourth-order valence-electron chi connectivity index (χ4n) is 2.70. The van der Waals surface area contributed by atoms with E-state index in [0.717, 1.165) is 5.69 Å². The number of ether oxygens (including phenoxy) is 1. The molecule has 0 atom stereocenters. The zero-order chi connectivity index (χ0) is 19.3. The first-order valence-electron chi connectivity index (χ1n) is 8.41. The Bertz CT molecular complexity index is 1100. The first kappa shape index (κ1) is 17.7. The van der Waals surface area contributed by atoms with Gasteiger partial charge in [-0.25, -0.2) is 4.79 Å². The summed E-state index contributed by atoms with van der Waals surface area (Å²) in [6.45, 7) is 0. The number of nitrogens with one attached hydrogen (secondary N) is 1. The summed E-state index contributed by atoms with van der Waals surface area (Å²) in [5.74, 6) is -0.434. The standard InChI is InChI=1S/C20H15N5O2S/c1-27-19(26)13-7-6-10-15(17(13)14-8-2-4-11-21-14)23-20-25-24-18(28-20)16-9-3-5-12-22-16/h2-12H,1H3,(H,23,25). The van der Waals surface area contributed by atoms with Crippen molar-refractivity contribution in [1.29, 1.82) is 0 Å². The zero-order valence-corrected chi connectivity index (χ0v) is 15.7. The van der Waals surface area contributed by atoms with Gasteiger partial charge in [-0.1, -0.05) is 29.5 Å².